The van der Waals surface area contributed by atoms with E-state index in [1.807, 2.05) is 18.2 Å². The smallest absolute Gasteiger partial charge is 0.352 e. The van der Waals surface area contributed by atoms with Crippen LogP contribution < -0.4 is 5.73 Å². The van der Waals surface area contributed by atoms with Crippen LogP contribution in [0.15, 0.2) is 41.6 Å². The third kappa shape index (κ3) is 2.74. The van der Waals surface area contributed by atoms with Gasteiger partial charge in [0.1, 0.15) is 5.70 Å². The molecule has 2 aliphatic rings. The molecule has 0 spiro atoms. The summed E-state index contributed by atoms with van der Waals surface area (Å²) in [6.07, 6.45) is 0.0367. The first-order valence-corrected chi connectivity index (χ1v) is 8.67. The second-order valence-corrected chi connectivity index (χ2v) is 7.11. The summed E-state index contributed by atoms with van der Waals surface area (Å²) < 4.78 is 0. The molecule has 3 N–H and O–H groups in total. The van der Waals surface area contributed by atoms with Crippen LogP contribution in [0, 0.1) is 5.92 Å². The van der Waals surface area contributed by atoms with Crippen molar-refractivity contribution in [3.8, 4) is 0 Å². The molecule has 1 amide bonds. The molecule has 24 heavy (non-hydrogen) atoms. The Balaban J connectivity index is 1.71. The number of Topliss-reactive ketones (excluding diaryl/α,β-unsaturated/α-hetero) is 1. The van der Waals surface area contributed by atoms with Crippen LogP contribution in [-0.4, -0.2) is 38.8 Å². The van der Waals surface area contributed by atoms with Crippen LogP contribution in [0.25, 0.3) is 0 Å². The Morgan fingerprint density at radius 1 is 1.38 bits per heavy atom. The van der Waals surface area contributed by atoms with Crippen LogP contribution in [0.2, 0.25) is 0 Å². The van der Waals surface area contributed by atoms with E-state index in [4.69, 9.17) is 5.73 Å². The molecule has 0 unspecified atom stereocenters. The van der Waals surface area contributed by atoms with E-state index in [0.717, 1.165) is 0 Å². The van der Waals surface area contributed by atoms with Crippen molar-refractivity contribution >= 4 is 29.4 Å². The third-order valence-corrected chi connectivity index (χ3v) is 5.88. The highest BCUT2D eigenvalue weighted by Gasteiger charge is 2.53. The van der Waals surface area contributed by atoms with Crippen molar-refractivity contribution in [2.45, 2.75) is 24.8 Å². The van der Waals surface area contributed by atoms with Crippen molar-refractivity contribution in [1.29, 1.82) is 0 Å². The topological polar surface area (TPSA) is 101 Å². The van der Waals surface area contributed by atoms with Crippen LogP contribution in [-0.2, 0) is 14.4 Å². The number of carboxylic acids is 1. The lowest BCUT2D eigenvalue weighted by atomic mass is 9.87. The second-order valence-electron chi connectivity index (χ2n) is 6.01. The highest BCUT2D eigenvalue weighted by atomic mass is 32.2. The zero-order valence-electron chi connectivity index (χ0n) is 13.1. The molecule has 0 saturated carbocycles. The molecule has 126 valence electrons. The second kappa shape index (κ2) is 6.41. The van der Waals surface area contributed by atoms with Gasteiger partial charge in [-0.1, -0.05) is 30.3 Å². The van der Waals surface area contributed by atoms with Crippen molar-refractivity contribution in [3.05, 3.63) is 47.2 Å². The molecule has 1 aromatic carbocycles. The number of rotatable bonds is 5. The molecule has 7 heteroatoms. The summed E-state index contributed by atoms with van der Waals surface area (Å²) in [6, 6.07) is 8.25. The maximum absolute atomic E-state index is 12.4. The number of nitrogens with two attached hydrogens (primary N) is 1. The van der Waals surface area contributed by atoms with E-state index in [1.54, 1.807) is 19.1 Å². The number of thioether (sulfide) groups is 1. The molecule has 3 rings (SSSR count). The molecule has 6 nitrogen and oxygen atoms in total. The SMILES string of the molecule is CC1=C(C(=O)O)N2C(=O)[C@@H](CC(=O)[C@H](N)c3ccccc3)[C@H]2SC1. The molecule has 0 radical (unpaired) electrons. The average molecular weight is 346 g/mol. The van der Waals surface area contributed by atoms with Crippen LogP contribution in [0.4, 0.5) is 0 Å². The number of carbonyl (C=O) groups excluding carboxylic acids is 2. The van der Waals surface area contributed by atoms with Crippen LogP contribution in [0.1, 0.15) is 24.9 Å². The zero-order chi connectivity index (χ0) is 17.4. The van der Waals surface area contributed by atoms with Crippen molar-refractivity contribution in [2.24, 2.45) is 11.7 Å². The molecule has 1 saturated heterocycles. The molecule has 2 heterocycles. The summed E-state index contributed by atoms with van der Waals surface area (Å²) in [5, 5.41) is 9.01. The molecule has 0 bridgehead atoms. The van der Waals surface area contributed by atoms with Crippen molar-refractivity contribution in [1.82, 2.24) is 4.90 Å². The van der Waals surface area contributed by atoms with Gasteiger partial charge in [-0.15, -0.1) is 11.8 Å². The lowest BCUT2D eigenvalue weighted by Crippen LogP contribution is -2.61. The third-order valence-electron chi connectivity index (χ3n) is 4.40. The first-order chi connectivity index (χ1) is 11.4. The van der Waals surface area contributed by atoms with Crippen LogP contribution in [0.5, 0.6) is 0 Å². The normalized spacial score (nSPS) is 24.2. The minimum atomic E-state index is -1.10. The van der Waals surface area contributed by atoms with Gasteiger partial charge in [0.25, 0.3) is 0 Å². The van der Waals surface area contributed by atoms with E-state index in [-0.39, 0.29) is 29.2 Å². The predicted molar refractivity (Wildman–Crippen MR) is 89.9 cm³/mol. The first-order valence-electron chi connectivity index (χ1n) is 7.62. The van der Waals surface area contributed by atoms with E-state index in [2.05, 4.69) is 0 Å². The Morgan fingerprint density at radius 2 is 2.04 bits per heavy atom. The Hall–Kier alpha value is -2.12. The fraction of sp³-hybridized carbons (Fsp3) is 0.353. The number of ketones is 1. The van der Waals surface area contributed by atoms with Gasteiger partial charge in [0, 0.05) is 12.2 Å². The number of benzene rings is 1. The molecule has 3 atom stereocenters. The molecular formula is C17H18N2O4S. The Bertz CT molecular complexity index is 731. The van der Waals surface area contributed by atoms with Gasteiger partial charge < -0.3 is 10.8 Å². The Kier molecular flexibility index (Phi) is 4.47. The van der Waals surface area contributed by atoms with Crippen LogP contribution >= 0.6 is 11.8 Å². The largest absolute Gasteiger partial charge is 0.477 e. The van der Waals surface area contributed by atoms with Crippen molar-refractivity contribution in [2.75, 3.05) is 5.75 Å². The summed E-state index contributed by atoms with van der Waals surface area (Å²) in [5.74, 6) is -1.57. The van der Waals surface area contributed by atoms with Gasteiger partial charge in [-0.3, -0.25) is 14.5 Å². The van der Waals surface area contributed by atoms with Crippen molar-refractivity contribution in [3.63, 3.8) is 0 Å². The number of fused-ring (bicyclic) bond motifs is 1. The molecule has 2 aliphatic heterocycles. The van der Waals surface area contributed by atoms with Gasteiger partial charge >= 0.3 is 5.97 Å². The van der Waals surface area contributed by atoms with Gasteiger partial charge in [-0.2, -0.15) is 0 Å². The van der Waals surface area contributed by atoms with Crippen molar-refractivity contribution < 1.29 is 19.5 Å². The monoisotopic (exact) mass is 346 g/mol. The minimum Gasteiger partial charge on any atom is -0.477 e. The quantitative estimate of drug-likeness (QED) is 0.784. The van der Waals surface area contributed by atoms with E-state index in [9.17, 15) is 19.5 Å². The van der Waals surface area contributed by atoms with Gasteiger partial charge in [-0.05, 0) is 18.1 Å². The van der Waals surface area contributed by atoms with E-state index >= 15 is 0 Å². The maximum Gasteiger partial charge on any atom is 0.352 e. The molecule has 0 aliphatic carbocycles. The van der Waals surface area contributed by atoms with E-state index in [1.165, 1.54) is 16.7 Å². The fourth-order valence-corrected chi connectivity index (χ4v) is 4.46. The summed E-state index contributed by atoms with van der Waals surface area (Å²) in [4.78, 5) is 37.5. The number of nitrogens with zero attached hydrogens (tertiary/aromatic N) is 1. The fourth-order valence-electron chi connectivity index (χ4n) is 3.10. The molecular weight excluding hydrogens is 328 g/mol. The zero-order valence-corrected chi connectivity index (χ0v) is 14.0. The summed E-state index contributed by atoms with van der Waals surface area (Å²) in [7, 11) is 0. The van der Waals surface area contributed by atoms with E-state index in [0.29, 0.717) is 16.9 Å². The van der Waals surface area contributed by atoms with Gasteiger partial charge in [0.2, 0.25) is 5.91 Å². The lowest BCUT2D eigenvalue weighted by Gasteiger charge is -2.49. The molecule has 0 aromatic heterocycles. The number of amides is 1. The first kappa shape index (κ1) is 16.7. The number of hydrogen-bond donors (Lipinski definition) is 2. The maximum atomic E-state index is 12.4. The Labute approximate surface area is 143 Å². The standard InChI is InChI=1S/C17H18N2O4S/c1-9-8-24-16-11(15(21)19(16)14(9)17(22)23)7-12(20)13(18)10-5-3-2-4-6-10/h2-6,11,13,16H,7-8,18H2,1H3,(H,22,23)/t11-,13-,16-/m1/s1. The summed E-state index contributed by atoms with van der Waals surface area (Å²) in [5.41, 5.74) is 7.43. The summed E-state index contributed by atoms with van der Waals surface area (Å²) >= 11 is 1.49. The average Bonchev–Trinajstić information content (AvgIpc) is 2.59. The van der Waals surface area contributed by atoms with Gasteiger partial charge in [-0.25, -0.2) is 4.79 Å². The van der Waals surface area contributed by atoms with Gasteiger partial charge in [0.05, 0.1) is 17.3 Å². The number of carboxylic acid groups (broad SMARTS) is 1. The minimum absolute atomic E-state index is 0.0367. The Morgan fingerprint density at radius 3 is 2.67 bits per heavy atom. The van der Waals surface area contributed by atoms with Crippen LogP contribution in [0.3, 0.4) is 0 Å². The van der Waals surface area contributed by atoms with E-state index < -0.39 is 17.9 Å². The highest BCUT2D eigenvalue weighted by Crippen LogP contribution is 2.45. The number of aliphatic carboxylic acids is 1. The molecule has 1 fully saturated rings. The predicted octanol–water partition coefficient (Wildman–Crippen LogP) is 1.54. The summed E-state index contributed by atoms with van der Waals surface area (Å²) in [6.45, 7) is 1.71. The number of β-lactam (4-membered cyclic amide) rings is 1. The molecule has 1 aromatic rings. The number of carbonyl (C=O) groups is 3. The van der Waals surface area contributed by atoms with Gasteiger partial charge in [0.15, 0.2) is 5.78 Å². The highest BCUT2D eigenvalue weighted by molar-refractivity contribution is 8.00. The number of hydrogen-bond acceptors (Lipinski definition) is 5. The lowest BCUT2D eigenvalue weighted by molar-refractivity contribution is -0.154.